The quantitative estimate of drug-likeness (QED) is 0.448. The van der Waals surface area contributed by atoms with Crippen LogP contribution in [0.25, 0.3) is 0 Å². The molecule has 0 aromatic rings. The molecule has 0 heterocycles. The van der Waals surface area contributed by atoms with Gasteiger partial charge in [0.05, 0.1) is 7.05 Å². The van der Waals surface area contributed by atoms with Crippen LogP contribution in [0.1, 0.15) is 0 Å². The Bertz CT molecular complexity index is 47.6. The summed E-state index contributed by atoms with van der Waals surface area (Å²) in [6.45, 7) is 0. The molecule has 0 aromatic carbocycles. The fourth-order valence-corrected chi connectivity index (χ4v) is 0. The first-order valence-corrected chi connectivity index (χ1v) is 4.09. The van der Waals surface area contributed by atoms with E-state index in [0.717, 1.165) is 0 Å². The summed E-state index contributed by atoms with van der Waals surface area (Å²) in [6.07, 6.45) is -1.03. The van der Waals surface area contributed by atoms with Crippen molar-refractivity contribution in [2.75, 3.05) is 7.05 Å². The van der Waals surface area contributed by atoms with E-state index in [9.17, 15) is 0 Å². The minimum atomic E-state index is -1.03. The molecule has 0 bridgehead atoms. The van der Waals surface area contributed by atoms with Crippen LogP contribution in [-0.4, -0.2) is 7.05 Å². The lowest BCUT2D eigenvalue weighted by molar-refractivity contribution is 1.52. The van der Waals surface area contributed by atoms with Crippen LogP contribution < -0.4 is 0 Å². The van der Waals surface area contributed by atoms with Crippen molar-refractivity contribution in [3.8, 4) is 0 Å². The van der Waals surface area contributed by atoms with Crippen molar-refractivity contribution in [2.24, 2.45) is 4.74 Å². The topological polar surface area (TPSA) is 12.4 Å². The van der Waals surface area contributed by atoms with Gasteiger partial charge in [-0.25, -0.2) is 0 Å². The Labute approximate surface area is 41.3 Å². The molecule has 5 heavy (non-hydrogen) atoms. The van der Waals surface area contributed by atoms with Crippen molar-refractivity contribution in [3.63, 3.8) is 0 Å². The van der Waals surface area contributed by atoms with Crippen LogP contribution in [0, 0.1) is 0 Å². The van der Waals surface area contributed by atoms with Crippen LogP contribution in [0.5, 0.6) is 0 Å². The maximum Gasteiger partial charge on any atom is 0.438 e. The third-order valence-electron chi connectivity index (χ3n) is 0.151. The van der Waals surface area contributed by atoms with Gasteiger partial charge in [0, 0.05) is 0 Å². The molecule has 4 heteroatoms. The molecule has 0 rings (SSSR count). The molecule has 0 fully saturated rings. The summed E-state index contributed by atoms with van der Waals surface area (Å²) < 4.78 is 3.48. The van der Waals surface area contributed by atoms with Gasteiger partial charge in [-0.15, -0.1) is 0 Å². The summed E-state index contributed by atoms with van der Waals surface area (Å²) in [4.78, 5) is 0. The van der Waals surface area contributed by atoms with Crippen LogP contribution in [-0.2, 0) is 0 Å². The summed E-state index contributed by atoms with van der Waals surface area (Å²) in [5.41, 5.74) is 0. The minimum absolute atomic E-state index is 1.03. The third kappa shape index (κ3) is 4.68. The van der Waals surface area contributed by atoms with Crippen molar-refractivity contribution < 1.29 is 0 Å². The van der Waals surface area contributed by atoms with Gasteiger partial charge in [0.1, 0.15) is 0 Å². The predicted molar refractivity (Wildman–Crippen MR) is 27.0 cm³/mol. The first-order valence-electron chi connectivity index (χ1n) is 0.985. The lowest BCUT2D eigenvalue weighted by atomic mass is 11.6. The lowest BCUT2D eigenvalue weighted by Gasteiger charge is -1.46. The standard InChI is InChI=1S/CH3Cl2NP/c1-4-5(2)3/h1H3/q+1. The Balaban J connectivity index is 3.14. The first kappa shape index (κ1) is 5.68. The summed E-state index contributed by atoms with van der Waals surface area (Å²) in [7, 11) is 1.59. The zero-order valence-electron chi connectivity index (χ0n) is 2.65. The molecule has 0 N–H and O–H groups in total. The Hall–Kier alpha value is 0.680. The highest BCUT2D eigenvalue weighted by molar-refractivity contribution is 7.96. The van der Waals surface area contributed by atoms with E-state index in [4.69, 9.17) is 22.5 Å². The van der Waals surface area contributed by atoms with Gasteiger partial charge in [-0.3, -0.25) is 0 Å². The van der Waals surface area contributed by atoms with Crippen molar-refractivity contribution in [2.45, 2.75) is 0 Å². The Morgan fingerprint density at radius 1 is 1.60 bits per heavy atom. The van der Waals surface area contributed by atoms with Gasteiger partial charge in [0.15, 0.2) is 0 Å². The SMILES string of the molecule is CN=[P+](Cl)Cl. The van der Waals surface area contributed by atoms with Crippen LogP contribution in [0.4, 0.5) is 0 Å². The normalized spacial score (nSPS) is 7.00. The fraction of sp³-hybridized carbons (Fsp3) is 1.00. The molecule has 0 atom stereocenters. The number of nitrogens with zero attached hydrogens (tertiary/aromatic N) is 1. The van der Waals surface area contributed by atoms with E-state index in [2.05, 4.69) is 4.74 Å². The van der Waals surface area contributed by atoms with Gasteiger partial charge in [0.2, 0.25) is 22.5 Å². The highest BCUT2D eigenvalue weighted by atomic mass is 35.9. The number of rotatable bonds is 0. The summed E-state index contributed by atoms with van der Waals surface area (Å²) >= 11 is 10.3. The zero-order chi connectivity index (χ0) is 4.28. The molecular formula is CH3Cl2NP+. The van der Waals surface area contributed by atoms with Crippen LogP contribution >= 0.6 is 28.9 Å². The minimum Gasteiger partial charge on any atom is -0.0783 e. The van der Waals surface area contributed by atoms with Crippen LogP contribution in [0.15, 0.2) is 4.74 Å². The number of halogens is 2. The molecule has 30 valence electrons. The summed E-state index contributed by atoms with van der Waals surface area (Å²) in [6, 6.07) is 0. The molecule has 0 saturated heterocycles. The molecule has 0 aromatic heterocycles. The molecule has 0 amide bonds. The van der Waals surface area contributed by atoms with E-state index in [1.54, 1.807) is 7.05 Å². The summed E-state index contributed by atoms with van der Waals surface area (Å²) in [5, 5.41) is 0. The second-order valence-electron chi connectivity index (χ2n) is 0.415. The molecule has 0 aliphatic heterocycles. The molecule has 1 nitrogen and oxygen atoms in total. The molecular weight excluding hydrogens is 128 g/mol. The van der Waals surface area contributed by atoms with E-state index in [-0.39, 0.29) is 0 Å². The predicted octanol–water partition coefficient (Wildman–Crippen LogP) is 2.59. The van der Waals surface area contributed by atoms with Gasteiger partial charge < -0.3 is 0 Å². The van der Waals surface area contributed by atoms with Crippen LogP contribution in [0.3, 0.4) is 0 Å². The van der Waals surface area contributed by atoms with Gasteiger partial charge in [0.25, 0.3) is 0 Å². The number of hydrogen-bond acceptors (Lipinski definition) is 1. The second kappa shape index (κ2) is 2.89. The molecule has 0 radical (unpaired) electrons. The van der Waals surface area contributed by atoms with Gasteiger partial charge in [-0.2, -0.15) is 0 Å². The maximum atomic E-state index is 5.13. The Morgan fingerprint density at radius 2 is 1.80 bits per heavy atom. The Kier molecular flexibility index (Phi) is 3.29. The smallest absolute Gasteiger partial charge is 0.0783 e. The van der Waals surface area contributed by atoms with Crippen molar-refractivity contribution in [1.29, 1.82) is 0 Å². The highest BCUT2D eigenvalue weighted by Gasteiger charge is 1.94. The highest BCUT2D eigenvalue weighted by Crippen LogP contribution is 2.35. The average Bonchev–Trinajstić information content (AvgIpc) is 1.38. The van der Waals surface area contributed by atoms with Gasteiger partial charge >= 0.3 is 6.42 Å². The van der Waals surface area contributed by atoms with E-state index in [1.165, 1.54) is 0 Å². The lowest BCUT2D eigenvalue weighted by Crippen LogP contribution is -1.24. The third-order valence-corrected chi connectivity index (χ3v) is 1.36. The summed E-state index contributed by atoms with van der Waals surface area (Å²) in [5.74, 6) is 0. The monoisotopic (exact) mass is 130 g/mol. The molecule has 0 aliphatic carbocycles. The van der Waals surface area contributed by atoms with E-state index in [0.29, 0.717) is 0 Å². The van der Waals surface area contributed by atoms with Crippen LogP contribution in [0.2, 0.25) is 0 Å². The van der Waals surface area contributed by atoms with E-state index < -0.39 is 6.42 Å². The average molecular weight is 131 g/mol. The fourth-order valence-electron chi connectivity index (χ4n) is 0. The molecule has 0 saturated carbocycles. The van der Waals surface area contributed by atoms with Gasteiger partial charge in [-0.05, 0) is 0 Å². The molecule has 0 aliphatic rings. The maximum absolute atomic E-state index is 5.13. The second-order valence-corrected chi connectivity index (χ2v) is 3.69. The zero-order valence-corrected chi connectivity index (χ0v) is 5.06. The van der Waals surface area contributed by atoms with Crippen molar-refractivity contribution in [3.05, 3.63) is 0 Å². The first-order chi connectivity index (χ1) is 2.27. The van der Waals surface area contributed by atoms with Crippen molar-refractivity contribution in [1.82, 2.24) is 0 Å². The molecule has 0 unspecified atom stereocenters. The molecule has 0 spiro atoms. The van der Waals surface area contributed by atoms with E-state index in [1.807, 2.05) is 0 Å². The van der Waals surface area contributed by atoms with Crippen molar-refractivity contribution >= 4 is 28.9 Å². The number of hydrogen-bond donors (Lipinski definition) is 0. The Morgan fingerprint density at radius 3 is 1.80 bits per heavy atom. The largest absolute Gasteiger partial charge is 0.438 e. The van der Waals surface area contributed by atoms with Gasteiger partial charge in [-0.1, -0.05) is 4.74 Å². The van der Waals surface area contributed by atoms with E-state index >= 15 is 0 Å².